The van der Waals surface area contributed by atoms with Crippen molar-refractivity contribution in [2.45, 2.75) is 37.6 Å². The second-order valence-corrected chi connectivity index (χ2v) is 6.51. The number of imidazole rings is 1. The smallest absolute Gasteiger partial charge is 0.195 e. The normalized spacial score (nSPS) is 26.8. The molecule has 0 aromatic carbocycles. The Kier molecular flexibility index (Phi) is 2.95. The van der Waals surface area contributed by atoms with Gasteiger partial charge in [-0.15, -0.1) is 11.3 Å². The van der Waals surface area contributed by atoms with E-state index in [1.54, 1.807) is 11.3 Å². The first-order chi connectivity index (χ1) is 9.72. The molecule has 2 unspecified atom stereocenters. The lowest BCUT2D eigenvalue weighted by atomic mass is 10.3. The molecule has 6 nitrogen and oxygen atoms in total. The summed E-state index contributed by atoms with van der Waals surface area (Å²) in [6.45, 7) is 1.67. The van der Waals surface area contributed by atoms with E-state index < -0.39 is 12.2 Å². The van der Waals surface area contributed by atoms with Crippen LogP contribution in [0, 0.1) is 0 Å². The fourth-order valence-electron chi connectivity index (χ4n) is 2.71. The summed E-state index contributed by atoms with van der Waals surface area (Å²) in [5.41, 5.74) is 1.12. The molecule has 2 fully saturated rings. The summed E-state index contributed by atoms with van der Waals surface area (Å²) in [4.78, 5) is 7.61. The molecule has 1 saturated carbocycles. The molecule has 0 spiro atoms. The van der Waals surface area contributed by atoms with Crippen LogP contribution in [0.4, 0.5) is 5.82 Å². The monoisotopic (exact) mass is 294 g/mol. The van der Waals surface area contributed by atoms with Crippen LogP contribution >= 0.6 is 11.3 Å². The molecule has 2 aromatic rings. The number of fused-ring (bicyclic) bond motifs is 1. The van der Waals surface area contributed by atoms with E-state index in [1.165, 1.54) is 12.8 Å². The molecule has 3 heterocycles. The molecule has 2 aromatic heterocycles. The average molecular weight is 294 g/mol. The predicted octanol–water partition coefficient (Wildman–Crippen LogP) is 0.190. The Morgan fingerprint density at radius 3 is 2.75 bits per heavy atom. The summed E-state index contributed by atoms with van der Waals surface area (Å²) in [5, 5.41) is 25.0. The van der Waals surface area contributed by atoms with Crippen LogP contribution in [-0.4, -0.2) is 50.9 Å². The highest BCUT2D eigenvalue weighted by atomic mass is 32.1. The summed E-state index contributed by atoms with van der Waals surface area (Å²) in [6, 6.07) is 0.641. The molecular weight excluding hydrogens is 276 g/mol. The number of thiazole rings is 1. The van der Waals surface area contributed by atoms with E-state index in [1.807, 2.05) is 16.5 Å². The van der Waals surface area contributed by atoms with Crippen LogP contribution in [0.1, 0.15) is 18.5 Å². The molecule has 1 aliphatic heterocycles. The molecule has 0 radical (unpaired) electrons. The van der Waals surface area contributed by atoms with Gasteiger partial charge >= 0.3 is 0 Å². The maximum Gasteiger partial charge on any atom is 0.195 e. The first-order valence-electron chi connectivity index (χ1n) is 7.01. The minimum Gasteiger partial charge on any atom is -0.389 e. The quantitative estimate of drug-likeness (QED) is 0.751. The molecule has 20 heavy (non-hydrogen) atoms. The first kappa shape index (κ1) is 12.6. The maximum absolute atomic E-state index is 9.73. The van der Waals surface area contributed by atoms with Gasteiger partial charge in [-0.1, -0.05) is 0 Å². The summed E-state index contributed by atoms with van der Waals surface area (Å²) in [6.07, 6.45) is 3.17. The largest absolute Gasteiger partial charge is 0.389 e. The van der Waals surface area contributed by atoms with Crippen LogP contribution in [0.15, 0.2) is 11.6 Å². The van der Waals surface area contributed by atoms with Crippen LogP contribution < -0.4 is 10.2 Å². The fourth-order valence-corrected chi connectivity index (χ4v) is 3.44. The van der Waals surface area contributed by atoms with Crippen molar-refractivity contribution in [2.75, 3.05) is 18.0 Å². The molecule has 2 atom stereocenters. The van der Waals surface area contributed by atoms with Gasteiger partial charge in [-0.05, 0) is 12.8 Å². The standard InChI is InChI=1S/C13H18N4O2S/c18-10-6-16(7-11(10)19)12-9(5-14-8-1-2-8)17-3-4-20-13(17)15-12/h3-4,8,10-11,14,18-19H,1-2,5-7H2. The Hall–Kier alpha value is -1.15. The zero-order valence-corrected chi connectivity index (χ0v) is 11.9. The van der Waals surface area contributed by atoms with Gasteiger partial charge in [0.15, 0.2) is 10.8 Å². The van der Waals surface area contributed by atoms with Crippen molar-refractivity contribution in [3.05, 3.63) is 17.3 Å². The number of rotatable bonds is 4. The van der Waals surface area contributed by atoms with Gasteiger partial charge in [0.1, 0.15) is 0 Å². The Morgan fingerprint density at radius 2 is 2.05 bits per heavy atom. The van der Waals surface area contributed by atoms with Gasteiger partial charge < -0.3 is 20.4 Å². The average Bonchev–Trinajstić information content (AvgIpc) is 2.88. The maximum atomic E-state index is 9.73. The first-order valence-corrected chi connectivity index (χ1v) is 7.89. The lowest BCUT2D eigenvalue weighted by Gasteiger charge is -2.17. The second-order valence-electron chi connectivity index (χ2n) is 5.63. The topological polar surface area (TPSA) is 73.0 Å². The van der Waals surface area contributed by atoms with E-state index in [2.05, 4.69) is 14.7 Å². The molecule has 3 N–H and O–H groups in total. The van der Waals surface area contributed by atoms with Gasteiger partial charge in [0.2, 0.25) is 0 Å². The van der Waals surface area contributed by atoms with Crippen LogP contribution in [0.3, 0.4) is 0 Å². The van der Waals surface area contributed by atoms with Crippen molar-refractivity contribution in [1.82, 2.24) is 14.7 Å². The van der Waals surface area contributed by atoms with Gasteiger partial charge in [-0.2, -0.15) is 0 Å². The van der Waals surface area contributed by atoms with Gasteiger partial charge in [0, 0.05) is 37.3 Å². The number of anilines is 1. The number of aromatic nitrogens is 2. The predicted molar refractivity (Wildman–Crippen MR) is 77.2 cm³/mol. The van der Waals surface area contributed by atoms with E-state index in [0.717, 1.165) is 23.0 Å². The van der Waals surface area contributed by atoms with Gasteiger partial charge in [0.05, 0.1) is 17.9 Å². The molecule has 0 amide bonds. The zero-order chi connectivity index (χ0) is 13.7. The number of aliphatic hydroxyl groups excluding tert-OH is 2. The van der Waals surface area contributed by atoms with Crippen LogP contribution in [0.25, 0.3) is 4.96 Å². The van der Waals surface area contributed by atoms with Gasteiger partial charge in [-0.3, -0.25) is 4.40 Å². The van der Waals surface area contributed by atoms with E-state index in [9.17, 15) is 10.2 Å². The third-order valence-electron chi connectivity index (χ3n) is 4.03. The molecule has 0 bridgehead atoms. The molecule has 1 saturated heterocycles. The molecule has 4 rings (SSSR count). The fraction of sp³-hybridized carbons (Fsp3) is 0.615. The summed E-state index contributed by atoms with van der Waals surface area (Å²) in [5.74, 6) is 0.889. The molecular formula is C13H18N4O2S. The van der Waals surface area contributed by atoms with Crippen molar-refractivity contribution in [2.24, 2.45) is 0 Å². The number of hydrogen-bond acceptors (Lipinski definition) is 6. The van der Waals surface area contributed by atoms with Gasteiger partial charge in [-0.25, -0.2) is 4.98 Å². The van der Waals surface area contributed by atoms with Crippen molar-refractivity contribution in [3.8, 4) is 0 Å². The zero-order valence-electron chi connectivity index (χ0n) is 11.1. The summed E-state index contributed by atoms with van der Waals surface area (Å²) < 4.78 is 2.10. The highest BCUT2D eigenvalue weighted by Gasteiger charge is 2.33. The Bertz CT molecular complexity index is 611. The number of aliphatic hydroxyl groups is 2. The minimum absolute atomic E-state index is 0.447. The van der Waals surface area contributed by atoms with Crippen LogP contribution in [0.2, 0.25) is 0 Å². The number of nitrogens with one attached hydrogen (secondary N) is 1. The Morgan fingerprint density at radius 1 is 1.30 bits per heavy atom. The van der Waals surface area contributed by atoms with E-state index in [0.29, 0.717) is 19.1 Å². The number of nitrogens with zero attached hydrogens (tertiary/aromatic N) is 3. The highest BCUT2D eigenvalue weighted by molar-refractivity contribution is 7.15. The SMILES string of the molecule is OC1CN(c2nc3sccn3c2CNC2CC2)CC1O. The number of hydrogen-bond donors (Lipinski definition) is 3. The lowest BCUT2D eigenvalue weighted by Crippen LogP contribution is -2.25. The van der Waals surface area contributed by atoms with Gasteiger partial charge in [0.25, 0.3) is 0 Å². The van der Waals surface area contributed by atoms with E-state index in [4.69, 9.17) is 0 Å². The van der Waals surface area contributed by atoms with Crippen molar-refractivity contribution < 1.29 is 10.2 Å². The third kappa shape index (κ3) is 2.10. The Balaban J connectivity index is 1.66. The summed E-state index contributed by atoms with van der Waals surface area (Å²) in [7, 11) is 0. The van der Waals surface area contributed by atoms with Crippen LogP contribution in [-0.2, 0) is 6.54 Å². The molecule has 108 valence electrons. The minimum atomic E-state index is -0.682. The molecule has 2 aliphatic rings. The Labute approximate surface area is 120 Å². The van der Waals surface area contributed by atoms with Crippen LogP contribution in [0.5, 0.6) is 0 Å². The van der Waals surface area contributed by atoms with E-state index in [-0.39, 0.29) is 0 Å². The molecule has 1 aliphatic carbocycles. The van der Waals surface area contributed by atoms with Crippen molar-refractivity contribution in [1.29, 1.82) is 0 Å². The number of β-amino-alcohol motifs (C(OH)–C–C–N with tert-alkyl or cyclic N) is 2. The van der Waals surface area contributed by atoms with Crippen molar-refractivity contribution >= 4 is 22.1 Å². The van der Waals surface area contributed by atoms with E-state index >= 15 is 0 Å². The second kappa shape index (κ2) is 4.70. The van der Waals surface area contributed by atoms with Crippen molar-refractivity contribution in [3.63, 3.8) is 0 Å². The highest BCUT2D eigenvalue weighted by Crippen LogP contribution is 2.28. The molecule has 7 heteroatoms. The summed E-state index contributed by atoms with van der Waals surface area (Å²) >= 11 is 1.60. The third-order valence-corrected chi connectivity index (χ3v) is 4.79. The lowest BCUT2D eigenvalue weighted by molar-refractivity contribution is 0.0572.